The number of aromatic nitrogens is 2. The fourth-order valence-corrected chi connectivity index (χ4v) is 4.16. The van der Waals surface area contributed by atoms with Crippen LogP contribution in [0.3, 0.4) is 0 Å². The first kappa shape index (κ1) is 17.5. The van der Waals surface area contributed by atoms with Crippen LogP contribution in [0.4, 0.5) is 0 Å². The lowest BCUT2D eigenvalue weighted by Gasteiger charge is -2.41. The van der Waals surface area contributed by atoms with E-state index in [0.717, 1.165) is 29.8 Å². The molecular formula is C18H21N3O3S. The van der Waals surface area contributed by atoms with Gasteiger partial charge in [0.25, 0.3) is 0 Å². The Labute approximate surface area is 150 Å². The van der Waals surface area contributed by atoms with Gasteiger partial charge in [-0.05, 0) is 25.0 Å². The molecule has 6 nitrogen and oxygen atoms in total. The SMILES string of the molecule is CN(C(=O)Cc1csc(-c2cccnc2)n1)C1(C(=O)O)CCCCC1. The third-order valence-corrected chi connectivity index (χ3v) is 5.83. The molecule has 0 aromatic carbocycles. The molecule has 2 aromatic heterocycles. The van der Waals surface area contributed by atoms with Crippen LogP contribution in [0.15, 0.2) is 29.9 Å². The number of aliphatic carboxylic acids is 1. The van der Waals surface area contributed by atoms with Crippen molar-refractivity contribution in [2.24, 2.45) is 0 Å². The highest BCUT2D eigenvalue weighted by Gasteiger charge is 2.45. The third kappa shape index (κ3) is 3.56. The molecule has 1 aliphatic carbocycles. The maximum absolute atomic E-state index is 12.7. The predicted octanol–water partition coefficient (Wildman–Crippen LogP) is 2.99. The van der Waals surface area contributed by atoms with Crippen molar-refractivity contribution in [1.82, 2.24) is 14.9 Å². The van der Waals surface area contributed by atoms with Crippen molar-refractivity contribution in [2.45, 2.75) is 44.1 Å². The summed E-state index contributed by atoms with van der Waals surface area (Å²) in [7, 11) is 1.61. The number of carboxylic acids is 1. The van der Waals surface area contributed by atoms with Crippen molar-refractivity contribution in [3.8, 4) is 10.6 Å². The third-order valence-electron chi connectivity index (χ3n) is 4.89. The van der Waals surface area contributed by atoms with Gasteiger partial charge in [-0.15, -0.1) is 11.3 Å². The lowest BCUT2D eigenvalue weighted by molar-refractivity contribution is -0.160. The number of hydrogen-bond acceptors (Lipinski definition) is 5. The molecule has 1 fully saturated rings. The van der Waals surface area contributed by atoms with E-state index in [4.69, 9.17) is 0 Å². The second kappa shape index (κ2) is 7.31. The van der Waals surface area contributed by atoms with Gasteiger partial charge in [-0.2, -0.15) is 0 Å². The summed E-state index contributed by atoms with van der Waals surface area (Å²) in [6, 6.07) is 3.76. The molecule has 0 aliphatic heterocycles. The van der Waals surface area contributed by atoms with Gasteiger partial charge in [-0.25, -0.2) is 9.78 Å². The number of carboxylic acid groups (broad SMARTS) is 1. The van der Waals surface area contributed by atoms with Crippen molar-refractivity contribution in [2.75, 3.05) is 7.05 Å². The van der Waals surface area contributed by atoms with Gasteiger partial charge in [0.2, 0.25) is 5.91 Å². The standard InChI is InChI=1S/C18H21N3O3S/c1-21(18(17(23)24)7-3-2-4-8-18)15(22)10-14-12-25-16(20-14)13-6-5-9-19-11-13/h5-6,9,11-12H,2-4,7-8,10H2,1H3,(H,23,24). The van der Waals surface area contributed by atoms with Crippen LogP contribution >= 0.6 is 11.3 Å². The number of carbonyl (C=O) groups excluding carboxylic acids is 1. The lowest BCUT2D eigenvalue weighted by Crippen LogP contribution is -2.56. The second-order valence-electron chi connectivity index (χ2n) is 6.41. The Bertz CT molecular complexity index is 754. The summed E-state index contributed by atoms with van der Waals surface area (Å²) in [5.74, 6) is -1.11. The van der Waals surface area contributed by atoms with Crippen molar-refractivity contribution < 1.29 is 14.7 Å². The van der Waals surface area contributed by atoms with Gasteiger partial charge in [0.05, 0.1) is 12.1 Å². The second-order valence-corrected chi connectivity index (χ2v) is 7.27. The van der Waals surface area contributed by atoms with Crippen molar-refractivity contribution in [1.29, 1.82) is 0 Å². The molecular weight excluding hydrogens is 338 g/mol. The topological polar surface area (TPSA) is 83.4 Å². The summed E-state index contributed by atoms with van der Waals surface area (Å²) in [4.78, 5) is 34.5. The molecule has 132 valence electrons. The highest BCUT2D eigenvalue weighted by molar-refractivity contribution is 7.13. The normalized spacial score (nSPS) is 16.4. The smallest absolute Gasteiger partial charge is 0.329 e. The van der Waals surface area contributed by atoms with Crippen molar-refractivity contribution >= 4 is 23.2 Å². The predicted molar refractivity (Wildman–Crippen MR) is 95.3 cm³/mol. The van der Waals surface area contributed by atoms with Crippen LogP contribution in [0.5, 0.6) is 0 Å². The first-order valence-corrected chi connectivity index (χ1v) is 9.26. The van der Waals surface area contributed by atoms with Gasteiger partial charge < -0.3 is 10.0 Å². The lowest BCUT2D eigenvalue weighted by atomic mass is 9.80. The van der Waals surface area contributed by atoms with Gasteiger partial charge >= 0.3 is 5.97 Å². The van der Waals surface area contributed by atoms with E-state index in [9.17, 15) is 14.7 Å². The highest BCUT2D eigenvalue weighted by Crippen LogP contribution is 2.34. The minimum Gasteiger partial charge on any atom is -0.479 e. The van der Waals surface area contributed by atoms with E-state index in [1.165, 1.54) is 16.2 Å². The Morgan fingerprint density at radius 3 is 2.72 bits per heavy atom. The average Bonchev–Trinajstić information content (AvgIpc) is 3.10. The monoisotopic (exact) mass is 359 g/mol. The number of hydrogen-bond donors (Lipinski definition) is 1. The van der Waals surface area contributed by atoms with E-state index in [1.807, 2.05) is 17.5 Å². The molecule has 0 atom stereocenters. The Morgan fingerprint density at radius 1 is 1.32 bits per heavy atom. The van der Waals surface area contributed by atoms with Gasteiger partial charge in [0.1, 0.15) is 10.5 Å². The number of pyridine rings is 1. The maximum atomic E-state index is 12.7. The fourth-order valence-electron chi connectivity index (χ4n) is 3.35. The number of nitrogens with zero attached hydrogens (tertiary/aromatic N) is 3. The Hall–Kier alpha value is -2.28. The summed E-state index contributed by atoms with van der Waals surface area (Å²) in [5.41, 5.74) is 0.503. The van der Waals surface area contributed by atoms with Gasteiger partial charge in [0, 0.05) is 30.4 Å². The minimum atomic E-state index is -1.07. The van der Waals surface area contributed by atoms with Crippen LogP contribution < -0.4 is 0 Å². The molecule has 25 heavy (non-hydrogen) atoms. The molecule has 0 radical (unpaired) electrons. The Balaban J connectivity index is 1.73. The van der Waals surface area contributed by atoms with Crippen LogP contribution in [0.2, 0.25) is 0 Å². The zero-order chi connectivity index (χ0) is 17.9. The highest BCUT2D eigenvalue weighted by atomic mass is 32.1. The summed E-state index contributed by atoms with van der Waals surface area (Å²) >= 11 is 1.46. The van der Waals surface area contributed by atoms with Crippen molar-refractivity contribution in [3.63, 3.8) is 0 Å². The maximum Gasteiger partial charge on any atom is 0.329 e. The average molecular weight is 359 g/mol. The molecule has 3 rings (SSSR count). The van der Waals surface area contributed by atoms with E-state index in [0.29, 0.717) is 18.5 Å². The van der Waals surface area contributed by atoms with Crippen molar-refractivity contribution in [3.05, 3.63) is 35.6 Å². The largest absolute Gasteiger partial charge is 0.479 e. The molecule has 2 aromatic rings. The number of carbonyl (C=O) groups is 2. The molecule has 0 unspecified atom stereocenters. The number of thiazole rings is 1. The number of likely N-dealkylation sites (N-methyl/N-ethyl adjacent to an activating group) is 1. The van der Waals surface area contributed by atoms with Gasteiger partial charge in [0.15, 0.2) is 0 Å². The summed E-state index contributed by atoms with van der Waals surface area (Å²) in [6.07, 6.45) is 7.28. The fraction of sp³-hybridized carbons (Fsp3) is 0.444. The molecule has 0 spiro atoms. The summed E-state index contributed by atoms with van der Waals surface area (Å²) in [6.45, 7) is 0. The van der Waals surface area contributed by atoms with E-state index < -0.39 is 11.5 Å². The first-order chi connectivity index (χ1) is 12.0. The minimum absolute atomic E-state index is 0.113. The molecule has 7 heteroatoms. The number of rotatable bonds is 5. The first-order valence-electron chi connectivity index (χ1n) is 8.38. The molecule has 0 saturated heterocycles. The molecule has 1 aliphatic rings. The Morgan fingerprint density at radius 2 is 2.08 bits per heavy atom. The quantitative estimate of drug-likeness (QED) is 0.887. The summed E-state index contributed by atoms with van der Waals surface area (Å²) < 4.78 is 0. The molecule has 1 N–H and O–H groups in total. The molecule has 1 amide bonds. The van der Waals surface area contributed by atoms with Crippen LogP contribution in [-0.2, 0) is 16.0 Å². The molecule has 0 bridgehead atoms. The van der Waals surface area contributed by atoms with Crippen LogP contribution in [0.25, 0.3) is 10.6 Å². The van der Waals surface area contributed by atoms with E-state index in [-0.39, 0.29) is 12.3 Å². The Kier molecular flexibility index (Phi) is 5.13. The van der Waals surface area contributed by atoms with E-state index in [1.54, 1.807) is 19.4 Å². The van der Waals surface area contributed by atoms with E-state index in [2.05, 4.69) is 9.97 Å². The van der Waals surface area contributed by atoms with Crippen LogP contribution in [0.1, 0.15) is 37.8 Å². The van der Waals surface area contributed by atoms with Gasteiger partial charge in [-0.1, -0.05) is 19.3 Å². The molecule has 2 heterocycles. The van der Waals surface area contributed by atoms with Gasteiger partial charge in [-0.3, -0.25) is 9.78 Å². The molecule has 1 saturated carbocycles. The van der Waals surface area contributed by atoms with E-state index >= 15 is 0 Å². The van der Waals surface area contributed by atoms with Crippen LogP contribution in [-0.4, -0.2) is 44.4 Å². The zero-order valence-electron chi connectivity index (χ0n) is 14.1. The number of amides is 1. The van der Waals surface area contributed by atoms with Crippen LogP contribution in [0, 0.1) is 0 Å². The summed E-state index contributed by atoms with van der Waals surface area (Å²) in [5, 5.41) is 12.4. The zero-order valence-corrected chi connectivity index (χ0v) is 15.0.